The zero-order valence-corrected chi connectivity index (χ0v) is 19.7. The summed E-state index contributed by atoms with van der Waals surface area (Å²) >= 11 is 0. The summed E-state index contributed by atoms with van der Waals surface area (Å²) in [5.74, 6) is -5.31. The number of hydrogen-bond acceptors (Lipinski definition) is 4. The van der Waals surface area contributed by atoms with Crippen LogP contribution in [0.1, 0.15) is 28.5 Å². The van der Waals surface area contributed by atoms with Crippen molar-refractivity contribution in [1.82, 2.24) is 9.29 Å². The highest BCUT2D eigenvalue weighted by Gasteiger charge is 2.30. The maximum Gasteiger partial charge on any atom is 0.272 e. The summed E-state index contributed by atoms with van der Waals surface area (Å²) in [7, 11) is -2.03. The maximum atomic E-state index is 13.6. The minimum absolute atomic E-state index is 0.0154. The van der Waals surface area contributed by atoms with Crippen molar-refractivity contribution in [2.24, 2.45) is 7.05 Å². The van der Waals surface area contributed by atoms with Crippen LogP contribution in [-0.4, -0.2) is 26.8 Å². The number of rotatable bonds is 6. The molecule has 0 fully saturated rings. The molecule has 2 heterocycles. The predicted molar refractivity (Wildman–Crippen MR) is 125 cm³/mol. The van der Waals surface area contributed by atoms with Crippen LogP contribution in [0.3, 0.4) is 0 Å². The number of hydrogen-bond donors (Lipinski definition) is 3. The summed E-state index contributed by atoms with van der Waals surface area (Å²) in [6, 6.07) is 10.2. The molecule has 184 valence electrons. The summed E-state index contributed by atoms with van der Waals surface area (Å²) in [6.07, 6.45) is 4.15. The predicted octanol–water partition coefficient (Wildman–Crippen LogP) is 4.61. The number of nitrogens with one attached hydrogen (secondary N) is 3. The summed E-state index contributed by atoms with van der Waals surface area (Å²) in [5, 5.41) is 2.32. The van der Waals surface area contributed by atoms with E-state index in [1.165, 1.54) is 17.8 Å². The van der Waals surface area contributed by atoms with Crippen LogP contribution in [0.5, 0.6) is 0 Å². The lowest BCUT2D eigenvalue weighted by molar-refractivity contribution is 0.0425. The molecule has 1 aliphatic heterocycles. The fourth-order valence-electron chi connectivity index (χ4n) is 3.76. The Morgan fingerprint density at radius 3 is 2.54 bits per heavy atom. The first-order valence-corrected chi connectivity index (χ1v) is 12.2. The highest BCUT2D eigenvalue weighted by Crippen LogP contribution is 2.29. The first-order chi connectivity index (χ1) is 16.6. The van der Waals surface area contributed by atoms with Crippen molar-refractivity contribution in [3.05, 3.63) is 89.0 Å². The fourth-order valence-corrected chi connectivity index (χ4v) is 5.32. The molecule has 0 saturated carbocycles. The number of aromatic nitrogens is 1. The van der Waals surface area contributed by atoms with Gasteiger partial charge in [-0.3, -0.25) is 4.79 Å². The topological polar surface area (TPSA) is 96.2 Å². The van der Waals surface area contributed by atoms with Crippen molar-refractivity contribution < 1.29 is 26.9 Å². The van der Waals surface area contributed by atoms with E-state index in [1.54, 1.807) is 19.1 Å². The Bertz CT molecular complexity index is 1380. The monoisotopic (exact) mass is 504 g/mol. The van der Waals surface area contributed by atoms with E-state index in [0.29, 0.717) is 18.7 Å². The van der Waals surface area contributed by atoms with Gasteiger partial charge in [0.05, 0.1) is 23.6 Å². The third kappa shape index (κ3) is 5.16. The molecule has 3 aromatic rings. The number of halogens is 3. The number of aryl methyl sites for hydroxylation is 1. The van der Waals surface area contributed by atoms with Gasteiger partial charge in [0.1, 0.15) is 15.6 Å². The Hall–Kier alpha value is -3.41. The molecular weight excluding hydrogens is 481 g/mol. The Labute approximate surface area is 200 Å². The van der Waals surface area contributed by atoms with Gasteiger partial charge in [0.2, 0.25) is 0 Å². The molecule has 35 heavy (non-hydrogen) atoms. The minimum atomic E-state index is -3.55. The van der Waals surface area contributed by atoms with E-state index >= 15 is 0 Å². The van der Waals surface area contributed by atoms with Crippen molar-refractivity contribution in [3.63, 3.8) is 0 Å². The fraction of sp³-hybridized carbons (Fsp3) is 0.208. The van der Waals surface area contributed by atoms with Crippen LogP contribution in [0.2, 0.25) is 0 Å². The standard InChI is InChI=1S/C24H23F3N4O3S/c1-14(34-13-15-6-4-3-5-7-15)20-9-8-17-21(35(28,33)30-20)12-31(2)23(17)24(32)29-16-10-18(25)22(27)19(26)11-16/h3-12,14,20H,13H2,1-2H3,(H,29,32)(H2,28,30,33)/t14-,20-,35?/m1/s1. The first-order valence-electron chi connectivity index (χ1n) is 10.6. The molecule has 4 rings (SSSR count). The molecule has 0 radical (unpaired) electrons. The van der Waals surface area contributed by atoms with Crippen molar-refractivity contribution >= 4 is 27.6 Å². The summed E-state index contributed by atoms with van der Waals surface area (Å²) < 4.78 is 72.2. The molecule has 0 saturated heterocycles. The van der Waals surface area contributed by atoms with Gasteiger partial charge in [-0.15, -0.1) is 0 Å². The summed E-state index contributed by atoms with van der Waals surface area (Å²) in [4.78, 5) is 13.0. The quantitative estimate of drug-likeness (QED) is 0.428. The molecule has 1 unspecified atom stereocenters. The third-order valence-electron chi connectivity index (χ3n) is 5.58. The maximum absolute atomic E-state index is 13.6. The van der Waals surface area contributed by atoms with Crippen LogP contribution in [0.15, 0.2) is 59.6 Å². The summed E-state index contributed by atoms with van der Waals surface area (Å²) in [6.45, 7) is 2.10. The smallest absolute Gasteiger partial charge is 0.272 e. The van der Waals surface area contributed by atoms with Gasteiger partial charge in [-0.1, -0.05) is 42.5 Å². The zero-order chi connectivity index (χ0) is 25.3. The first kappa shape index (κ1) is 24.7. The number of nitrogens with zero attached hydrogens (tertiary/aromatic N) is 1. The van der Waals surface area contributed by atoms with E-state index < -0.39 is 45.4 Å². The Morgan fingerprint density at radius 1 is 1.23 bits per heavy atom. The van der Waals surface area contributed by atoms with Gasteiger partial charge in [0.25, 0.3) is 5.91 Å². The highest BCUT2D eigenvalue weighted by molar-refractivity contribution is 7.90. The number of fused-ring (bicyclic) bond motifs is 1. The van der Waals surface area contributed by atoms with Gasteiger partial charge >= 0.3 is 0 Å². The van der Waals surface area contributed by atoms with Gasteiger partial charge in [-0.25, -0.2) is 26.9 Å². The zero-order valence-electron chi connectivity index (χ0n) is 18.8. The largest absolute Gasteiger partial charge is 0.372 e. The van der Waals surface area contributed by atoms with E-state index in [2.05, 4.69) is 10.0 Å². The van der Waals surface area contributed by atoms with Crippen LogP contribution in [-0.2, 0) is 28.3 Å². The Balaban J connectivity index is 1.60. The normalized spacial score (nSPS) is 20.2. The van der Waals surface area contributed by atoms with Crippen LogP contribution < -0.4 is 10.0 Å². The second-order valence-electron chi connectivity index (χ2n) is 8.14. The van der Waals surface area contributed by atoms with E-state index in [4.69, 9.17) is 9.52 Å². The minimum Gasteiger partial charge on any atom is -0.372 e. The van der Waals surface area contributed by atoms with Crippen LogP contribution in [0.4, 0.5) is 18.9 Å². The van der Waals surface area contributed by atoms with Crippen LogP contribution >= 0.6 is 0 Å². The molecular formula is C24H23F3N4O3S. The molecule has 1 amide bonds. The van der Waals surface area contributed by atoms with Gasteiger partial charge in [-0.05, 0) is 12.5 Å². The highest BCUT2D eigenvalue weighted by atomic mass is 32.2. The Morgan fingerprint density at radius 2 is 1.89 bits per heavy atom. The van der Waals surface area contributed by atoms with Crippen molar-refractivity contribution in [3.8, 4) is 0 Å². The number of carbonyl (C=O) groups is 1. The molecule has 1 aromatic heterocycles. The van der Waals surface area contributed by atoms with Crippen molar-refractivity contribution in [2.75, 3.05) is 5.32 Å². The third-order valence-corrected chi connectivity index (χ3v) is 7.13. The van der Waals surface area contributed by atoms with Gasteiger partial charge < -0.3 is 14.6 Å². The van der Waals surface area contributed by atoms with E-state index in [-0.39, 0.29) is 21.8 Å². The SMILES string of the molecule is C[C@@H](OCc1ccccc1)[C@H]1C=Cc2c(cn(C)c2C(=O)Nc2cc(F)c(F)c(F)c2)S(=N)(=O)N1. The molecule has 1 aliphatic rings. The Kier molecular flexibility index (Phi) is 6.84. The number of carbonyl (C=O) groups excluding carboxylic acids is 1. The average molecular weight is 505 g/mol. The molecule has 2 aromatic carbocycles. The number of anilines is 1. The molecule has 7 nitrogen and oxygen atoms in total. The molecule has 3 atom stereocenters. The molecule has 3 N–H and O–H groups in total. The second-order valence-corrected chi connectivity index (χ2v) is 9.92. The lowest BCUT2D eigenvalue weighted by Gasteiger charge is -2.22. The van der Waals surface area contributed by atoms with Crippen LogP contribution in [0.25, 0.3) is 6.08 Å². The second kappa shape index (κ2) is 9.68. The molecule has 0 spiro atoms. The molecule has 0 bridgehead atoms. The summed E-state index contributed by atoms with van der Waals surface area (Å²) in [5.41, 5.74) is 0.907. The average Bonchev–Trinajstić information content (AvgIpc) is 3.09. The lowest BCUT2D eigenvalue weighted by atomic mass is 10.1. The van der Waals surface area contributed by atoms with E-state index in [1.807, 2.05) is 30.3 Å². The number of amides is 1. The molecule has 0 aliphatic carbocycles. The van der Waals surface area contributed by atoms with Gasteiger partial charge in [0.15, 0.2) is 17.5 Å². The van der Waals surface area contributed by atoms with E-state index in [0.717, 1.165) is 5.56 Å². The van der Waals surface area contributed by atoms with Gasteiger partial charge in [0, 0.05) is 36.6 Å². The lowest BCUT2D eigenvalue weighted by Crippen LogP contribution is -2.40. The van der Waals surface area contributed by atoms with Crippen molar-refractivity contribution in [2.45, 2.75) is 30.6 Å². The van der Waals surface area contributed by atoms with Crippen molar-refractivity contribution in [1.29, 1.82) is 4.78 Å². The number of benzene rings is 2. The number of ether oxygens (including phenoxy) is 1. The molecule has 11 heteroatoms. The van der Waals surface area contributed by atoms with E-state index in [9.17, 15) is 22.2 Å². The van der Waals surface area contributed by atoms with Gasteiger partial charge in [-0.2, -0.15) is 0 Å². The van der Waals surface area contributed by atoms with Crippen LogP contribution in [0, 0.1) is 22.2 Å².